The molecule has 2 aromatic rings. The Hall–Kier alpha value is -0.730. The molecule has 1 aromatic heterocycles. The summed E-state index contributed by atoms with van der Waals surface area (Å²) in [6.45, 7) is 5.46. The molecule has 3 rings (SSSR count). The predicted molar refractivity (Wildman–Crippen MR) is 97.2 cm³/mol. The lowest BCUT2D eigenvalue weighted by Crippen LogP contribution is -2.48. The number of rotatable bonds is 4. The summed E-state index contributed by atoms with van der Waals surface area (Å²) in [4.78, 5) is 3.99. The fourth-order valence-electron chi connectivity index (χ4n) is 2.64. The molecule has 0 radical (unpaired) electrons. The van der Waals surface area contributed by atoms with Crippen LogP contribution in [0.4, 0.5) is 0 Å². The zero-order valence-electron chi connectivity index (χ0n) is 12.9. The molecule has 0 unspecified atom stereocenters. The molecule has 0 N–H and O–H groups in total. The highest BCUT2D eigenvalue weighted by Gasteiger charge is 2.28. The fourth-order valence-corrected chi connectivity index (χ4v) is 5.59. The van der Waals surface area contributed by atoms with Gasteiger partial charge < -0.3 is 0 Å². The lowest BCUT2D eigenvalue weighted by Gasteiger charge is -2.33. The standard InChI is InChI=1S/C16H19BrN2O2S2/c1-13-2-5-15(6-3-13)23(20,21)19-10-8-18(9-11-19)12-14-4-7-16(17)22-14/h2-7H,8-12H2,1H3. The lowest BCUT2D eigenvalue weighted by atomic mass is 10.2. The average Bonchev–Trinajstić information content (AvgIpc) is 2.93. The molecule has 7 heteroatoms. The van der Waals surface area contributed by atoms with Gasteiger partial charge in [-0.15, -0.1) is 11.3 Å². The van der Waals surface area contributed by atoms with Gasteiger partial charge in [-0.1, -0.05) is 17.7 Å². The van der Waals surface area contributed by atoms with Crippen LogP contribution in [0.3, 0.4) is 0 Å². The van der Waals surface area contributed by atoms with Crippen molar-refractivity contribution in [3.8, 4) is 0 Å². The van der Waals surface area contributed by atoms with Crippen molar-refractivity contribution in [1.82, 2.24) is 9.21 Å². The first-order valence-electron chi connectivity index (χ1n) is 7.48. The summed E-state index contributed by atoms with van der Waals surface area (Å²) in [5.41, 5.74) is 1.07. The Labute approximate surface area is 149 Å². The summed E-state index contributed by atoms with van der Waals surface area (Å²) in [5, 5.41) is 0. The number of piperazine rings is 1. The van der Waals surface area contributed by atoms with Crippen molar-refractivity contribution >= 4 is 37.3 Å². The molecule has 1 aromatic carbocycles. The van der Waals surface area contributed by atoms with Gasteiger partial charge in [0.2, 0.25) is 10.0 Å². The van der Waals surface area contributed by atoms with E-state index in [0.29, 0.717) is 18.0 Å². The fraction of sp³-hybridized carbons (Fsp3) is 0.375. The largest absolute Gasteiger partial charge is 0.296 e. The van der Waals surface area contributed by atoms with E-state index in [4.69, 9.17) is 0 Å². The number of nitrogens with zero attached hydrogens (tertiary/aromatic N) is 2. The molecule has 0 saturated carbocycles. The predicted octanol–water partition coefficient (Wildman–Crippen LogP) is 3.33. The molecule has 2 heterocycles. The van der Waals surface area contributed by atoms with E-state index in [2.05, 4.69) is 33.0 Å². The van der Waals surface area contributed by atoms with Crippen LogP contribution in [0.25, 0.3) is 0 Å². The van der Waals surface area contributed by atoms with Crippen LogP contribution >= 0.6 is 27.3 Å². The minimum absolute atomic E-state index is 0.388. The van der Waals surface area contributed by atoms with Gasteiger partial charge in [-0.2, -0.15) is 4.31 Å². The van der Waals surface area contributed by atoms with E-state index in [1.165, 1.54) is 4.88 Å². The Morgan fingerprint density at radius 2 is 1.70 bits per heavy atom. The minimum atomic E-state index is -3.37. The first kappa shape index (κ1) is 17.1. The Morgan fingerprint density at radius 1 is 1.04 bits per heavy atom. The Morgan fingerprint density at radius 3 is 2.26 bits per heavy atom. The van der Waals surface area contributed by atoms with Gasteiger partial charge in [0.05, 0.1) is 8.68 Å². The summed E-state index contributed by atoms with van der Waals surface area (Å²) in [6.07, 6.45) is 0. The number of benzene rings is 1. The molecule has 1 aliphatic rings. The SMILES string of the molecule is Cc1ccc(S(=O)(=O)N2CCN(Cc3ccc(Br)s3)CC2)cc1. The van der Waals surface area contributed by atoms with E-state index in [0.717, 1.165) is 29.0 Å². The molecule has 1 saturated heterocycles. The van der Waals surface area contributed by atoms with Crippen LogP contribution in [0.15, 0.2) is 45.1 Å². The maximum atomic E-state index is 12.7. The lowest BCUT2D eigenvalue weighted by molar-refractivity contribution is 0.183. The number of sulfonamides is 1. The van der Waals surface area contributed by atoms with Crippen LogP contribution in [0.1, 0.15) is 10.4 Å². The number of thiophene rings is 1. The summed E-state index contributed by atoms with van der Waals surface area (Å²) in [7, 11) is -3.37. The molecule has 0 bridgehead atoms. The van der Waals surface area contributed by atoms with E-state index >= 15 is 0 Å². The number of halogens is 1. The second kappa shape index (κ2) is 7.03. The molecule has 0 atom stereocenters. The van der Waals surface area contributed by atoms with Crippen LogP contribution in [0.5, 0.6) is 0 Å². The molecule has 1 aliphatic heterocycles. The van der Waals surface area contributed by atoms with Gasteiger partial charge in [-0.3, -0.25) is 4.90 Å². The van der Waals surface area contributed by atoms with Crippen molar-refractivity contribution in [2.75, 3.05) is 26.2 Å². The first-order chi connectivity index (χ1) is 10.9. The van der Waals surface area contributed by atoms with E-state index in [-0.39, 0.29) is 0 Å². The van der Waals surface area contributed by atoms with Crippen molar-refractivity contribution in [2.45, 2.75) is 18.4 Å². The molecule has 0 amide bonds. The number of aryl methyl sites for hydroxylation is 1. The van der Waals surface area contributed by atoms with Crippen molar-refractivity contribution in [3.05, 3.63) is 50.6 Å². The summed E-state index contributed by atoms with van der Waals surface area (Å²) >= 11 is 5.21. The maximum absolute atomic E-state index is 12.7. The van der Waals surface area contributed by atoms with Crippen LogP contribution in [0, 0.1) is 6.92 Å². The van der Waals surface area contributed by atoms with Crippen molar-refractivity contribution < 1.29 is 8.42 Å². The van der Waals surface area contributed by atoms with Gasteiger partial charge in [0.1, 0.15) is 0 Å². The van der Waals surface area contributed by atoms with Crippen LogP contribution in [-0.2, 0) is 16.6 Å². The highest BCUT2D eigenvalue weighted by atomic mass is 79.9. The quantitative estimate of drug-likeness (QED) is 0.769. The van der Waals surface area contributed by atoms with Crippen molar-refractivity contribution in [1.29, 1.82) is 0 Å². The monoisotopic (exact) mass is 414 g/mol. The molecular weight excluding hydrogens is 396 g/mol. The normalized spacial score (nSPS) is 17.5. The van der Waals surface area contributed by atoms with Crippen molar-refractivity contribution in [3.63, 3.8) is 0 Å². The first-order valence-corrected chi connectivity index (χ1v) is 10.5. The van der Waals surface area contributed by atoms with E-state index in [9.17, 15) is 8.42 Å². The smallest absolute Gasteiger partial charge is 0.243 e. The average molecular weight is 415 g/mol. The maximum Gasteiger partial charge on any atom is 0.243 e. The van der Waals surface area contributed by atoms with Crippen molar-refractivity contribution in [2.24, 2.45) is 0 Å². The summed E-state index contributed by atoms with van der Waals surface area (Å²) < 4.78 is 28.1. The van der Waals surface area contributed by atoms with Gasteiger partial charge in [0.25, 0.3) is 0 Å². The second-order valence-electron chi connectivity index (χ2n) is 5.70. The molecule has 124 valence electrons. The third-order valence-electron chi connectivity index (χ3n) is 4.00. The molecular formula is C16H19BrN2O2S2. The Bertz CT molecular complexity index is 764. The van der Waals surface area contributed by atoms with E-state index < -0.39 is 10.0 Å². The third kappa shape index (κ3) is 4.03. The van der Waals surface area contributed by atoms with Gasteiger partial charge in [0.15, 0.2) is 0 Å². The van der Waals surface area contributed by atoms with Crippen LogP contribution < -0.4 is 0 Å². The van der Waals surface area contributed by atoms with E-state index in [1.54, 1.807) is 27.8 Å². The highest BCUT2D eigenvalue weighted by Crippen LogP contribution is 2.24. The Balaban J connectivity index is 1.62. The highest BCUT2D eigenvalue weighted by molar-refractivity contribution is 9.11. The van der Waals surface area contributed by atoms with Gasteiger partial charge in [0, 0.05) is 37.6 Å². The van der Waals surface area contributed by atoms with Crippen LogP contribution in [0.2, 0.25) is 0 Å². The van der Waals surface area contributed by atoms with Gasteiger partial charge >= 0.3 is 0 Å². The van der Waals surface area contributed by atoms with Gasteiger partial charge in [-0.25, -0.2) is 8.42 Å². The molecule has 23 heavy (non-hydrogen) atoms. The third-order valence-corrected chi connectivity index (χ3v) is 7.52. The summed E-state index contributed by atoms with van der Waals surface area (Å²) in [5.74, 6) is 0. The topological polar surface area (TPSA) is 40.6 Å². The molecule has 0 spiro atoms. The summed E-state index contributed by atoms with van der Waals surface area (Å²) in [6, 6.07) is 11.2. The Kier molecular flexibility index (Phi) is 5.22. The second-order valence-corrected chi connectivity index (χ2v) is 10.2. The van der Waals surface area contributed by atoms with Crippen LogP contribution in [-0.4, -0.2) is 43.8 Å². The molecule has 4 nitrogen and oxygen atoms in total. The molecule has 1 fully saturated rings. The number of hydrogen-bond acceptors (Lipinski definition) is 4. The minimum Gasteiger partial charge on any atom is -0.296 e. The van der Waals surface area contributed by atoms with E-state index in [1.807, 2.05) is 19.1 Å². The zero-order valence-corrected chi connectivity index (χ0v) is 16.1. The zero-order chi connectivity index (χ0) is 16.4. The number of hydrogen-bond donors (Lipinski definition) is 0. The molecule has 0 aliphatic carbocycles. The van der Waals surface area contributed by atoms with Gasteiger partial charge in [-0.05, 0) is 47.1 Å².